The van der Waals surface area contributed by atoms with E-state index in [1.54, 1.807) is 0 Å². The van der Waals surface area contributed by atoms with Gasteiger partial charge in [-0.15, -0.1) is 0 Å². The van der Waals surface area contributed by atoms with E-state index in [1.165, 1.54) is 212 Å². The molecule has 0 saturated carbocycles. The van der Waals surface area contributed by atoms with Crippen molar-refractivity contribution in [1.29, 1.82) is 0 Å². The molecule has 4 heteroatoms. The Balaban J connectivity index is 3.30. The highest BCUT2D eigenvalue weighted by Crippen LogP contribution is 2.16. The van der Waals surface area contributed by atoms with Crippen LogP contribution in [0.1, 0.15) is 264 Å². The first-order valence-electron chi connectivity index (χ1n) is 23.4. The number of ether oxygens (including phenoxy) is 1. The lowest BCUT2D eigenvalue weighted by Crippen LogP contribution is -2.09. The van der Waals surface area contributed by atoms with Crippen LogP contribution in [0.2, 0.25) is 0 Å². The zero-order valence-corrected chi connectivity index (χ0v) is 35.0. The Morgan fingerprint density at radius 3 is 1.02 bits per heavy atom. The second-order valence-corrected chi connectivity index (χ2v) is 15.9. The number of carbonyl (C=O) groups is 2. The van der Waals surface area contributed by atoms with Crippen LogP contribution in [0.3, 0.4) is 0 Å². The maximum absolute atomic E-state index is 12.0. The Morgan fingerprint density at radius 2 is 0.673 bits per heavy atom. The number of aliphatic hydroxyl groups is 1. The van der Waals surface area contributed by atoms with Crippen molar-refractivity contribution in [3.05, 3.63) is 24.3 Å². The maximum atomic E-state index is 12.0. The summed E-state index contributed by atoms with van der Waals surface area (Å²) in [4.78, 5) is 23.9. The Morgan fingerprint density at radius 1 is 0.385 bits per heavy atom. The quantitative estimate of drug-likeness (QED) is 0.0223. The number of rotatable bonds is 43. The molecule has 52 heavy (non-hydrogen) atoms. The van der Waals surface area contributed by atoms with E-state index in [0.717, 1.165) is 44.9 Å². The highest BCUT2D eigenvalue weighted by atomic mass is 16.6. The second kappa shape index (κ2) is 45.7. The predicted molar refractivity (Wildman–Crippen MR) is 227 cm³/mol. The smallest absolute Gasteiger partial charge is 0.338 e. The van der Waals surface area contributed by atoms with Crippen molar-refractivity contribution < 1.29 is 19.4 Å². The van der Waals surface area contributed by atoms with E-state index in [1.807, 2.05) is 6.08 Å². The molecule has 0 aromatic carbocycles. The fourth-order valence-corrected chi connectivity index (χ4v) is 7.16. The lowest BCUT2D eigenvalue weighted by Gasteiger charge is -2.04. The SMILES string of the molecule is CCCCCCCC/C=C\CCCCCCCC(=O)OC(=O)C=CCCCCCCCCCCCCCCCCCCCCCCCCCCCO. The number of unbranched alkanes of at least 4 members (excludes halogenated alkanes) is 36. The molecular weight excluding hydrogens is 641 g/mol. The molecule has 0 rings (SSSR count). The van der Waals surface area contributed by atoms with Gasteiger partial charge in [0.2, 0.25) is 0 Å². The normalized spacial score (nSPS) is 11.7. The van der Waals surface area contributed by atoms with Gasteiger partial charge < -0.3 is 9.84 Å². The molecule has 0 unspecified atom stereocenters. The zero-order chi connectivity index (χ0) is 37.7. The molecule has 0 radical (unpaired) electrons. The number of aliphatic hydroxyl groups excluding tert-OH is 1. The average molecular weight is 731 g/mol. The first kappa shape index (κ1) is 50.6. The summed E-state index contributed by atoms with van der Waals surface area (Å²) < 4.78 is 4.95. The summed E-state index contributed by atoms with van der Waals surface area (Å²) in [5.41, 5.74) is 0. The van der Waals surface area contributed by atoms with Gasteiger partial charge in [0.1, 0.15) is 0 Å². The van der Waals surface area contributed by atoms with Gasteiger partial charge in [-0.1, -0.05) is 224 Å². The Hall–Kier alpha value is -1.42. The molecule has 306 valence electrons. The van der Waals surface area contributed by atoms with Crippen LogP contribution in [0.15, 0.2) is 24.3 Å². The van der Waals surface area contributed by atoms with Gasteiger partial charge in [-0.05, 0) is 51.4 Å². The molecule has 0 saturated heterocycles. The molecule has 0 aromatic rings. The molecule has 0 aliphatic carbocycles. The first-order chi connectivity index (χ1) is 25.7. The second-order valence-electron chi connectivity index (χ2n) is 15.9. The summed E-state index contributed by atoms with van der Waals surface area (Å²) >= 11 is 0. The van der Waals surface area contributed by atoms with Gasteiger partial charge in [0, 0.05) is 19.1 Å². The Bertz CT molecular complexity index is 772. The van der Waals surface area contributed by atoms with E-state index in [2.05, 4.69) is 19.1 Å². The van der Waals surface area contributed by atoms with Crippen LogP contribution in [0.4, 0.5) is 0 Å². The van der Waals surface area contributed by atoms with Crippen LogP contribution in [-0.4, -0.2) is 23.7 Å². The third-order valence-corrected chi connectivity index (χ3v) is 10.6. The molecule has 0 spiro atoms. The number of hydrogen-bond acceptors (Lipinski definition) is 4. The van der Waals surface area contributed by atoms with Crippen LogP contribution in [0, 0.1) is 0 Å². The predicted octanol–water partition coefficient (Wildman–Crippen LogP) is 15.8. The average Bonchev–Trinajstić information content (AvgIpc) is 3.14. The van der Waals surface area contributed by atoms with Gasteiger partial charge in [0.05, 0.1) is 0 Å². The number of carbonyl (C=O) groups excluding carboxylic acids is 2. The molecule has 1 N–H and O–H groups in total. The molecule has 0 bridgehead atoms. The fourth-order valence-electron chi connectivity index (χ4n) is 7.16. The minimum atomic E-state index is -0.511. The van der Waals surface area contributed by atoms with Crippen LogP contribution in [-0.2, 0) is 14.3 Å². The zero-order valence-electron chi connectivity index (χ0n) is 35.0. The highest BCUT2D eigenvalue weighted by Gasteiger charge is 2.07. The summed E-state index contributed by atoms with van der Waals surface area (Å²) in [6.45, 7) is 2.63. The van der Waals surface area contributed by atoms with Crippen molar-refractivity contribution in [2.45, 2.75) is 264 Å². The van der Waals surface area contributed by atoms with E-state index < -0.39 is 5.97 Å². The van der Waals surface area contributed by atoms with E-state index in [-0.39, 0.29) is 5.97 Å². The Labute approximate surface area is 325 Å². The van der Waals surface area contributed by atoms with Gasteiger partial charge in [0.25, 0.3) is 0 Å². The number of allylic oxidation sites excluding steroid dienone is 3. The molecule has 0 fully saturated rings. The van der Waals surface area contributed by atoms with Crippen molar-refractivity contribution >= 4 is 11.9 Å². The van der Waals surface area contributed by atoms with Crippen molar-refractivity contribution in [3.8, 4) is 0 Å². The summed E-state index contributed by atoms with van der Waals surface area (Å²) in [6, 6.07) is 0. The summed E-state index contributed by atoms with van der Waals surface area (Å²) in [5, 5.41) is 8.81. The molecule has 4 nitrogen and oxygen atoms in total. The van der Waals surface area contributed by atoms with Crippen LogP contribution in [0.5, 0.6) is 0 Å². The van der Waals surface area contributed by atoms with Gasteiger partial charge in [-0.2, -0.15) is 0 Å². The van der Waals surface area contributed by atoms with E-state index >= 15 is 0 Å². The molecule has 0 heterocycles. The molecule has 0 aliphatic rings. The minimum absolute atomic E-state index is 0.341. The van der Waals surface area contributed by atoms with Gasteiger partial charge in [-0.3, -0.25) is 4.79 Å². The van der Waals surface area contributed by atoms with E-state index in [9.17, 15) is 9.59 Å². The van der Waals surface area contributed by atoms with E-state index in [4.69, 9.17) is 9.84 Å². The molecule has 0 amide bonds. The maximum Gasteiger partial charge on any atom is 0.338 e. The monoisotopic (exact) mass is 731 g/mol. The third kappa shape index (κ3) is 44.7. The fraction of sp³-hybridized carbons (Fsp3) is 0.875. The molecule has 0 aromatic heterocycles. The summed E-state index contributed by atoms with van der Waals surface area (Å²) in [5.74, 6) is -0.897. The molecule has 0 aliphatic heterocycles. The third-order valence-electron chi connectivity index (χ3n) is 10.6. The van der Waals surface area contributed by atoms with Crippen molar-refractivity contribution in [3.63, 3.8) is 0 Å². The largest absolute Gasteiger partial charge is 0.396 e. The van der Waals surface area contributed by atoms with E-state index in [0.29, 0.717) is 13.0 Å². The topological polar surface area (TPSA) is 63.6 Å². The van der Waals surface area contributed by atoms with Crippen LogP contribution in [0.25, 0.3) is 0 Å². The van der Waals surface area contributed by atoms with Gasteiger partial charge >= 0.3 is 11.9 Å². The van der Waals surface area contributed by atoms with Crippen molar-refractivity contribution in [2.24, 2.45) is 0 Å². The van der Waals surface area contributed by atoms with Crippen LogP contribution < -0.4 is 0 Å². The lowest BCUT2D eigenvalue weighted by molar-refractivity contribution is -0.156. The van der Waals surface area contributed by atoms with Gasteiger partial charge in [-0.25, -0.2) is 4.79 Å². The standard InChI is InChI=1S/C48H90O4/c1-2-3-4-5-6-7-8-9-23-26-29-32-35-38-41-44-47(50)52-48(51)45-42-39-36-33-30-27-24-21-19-17-15-13-11-10-12-14-16-18-20-22-25-28-31-34-37-40-43-46-49/h9,23,42,45,49H,2-8,10-22,24-41,43-44,46H2,1H3/b23-9-,45-42?. The number of esters is 2. The van der Waals surface area contributed by atoms with Gasteiger partial charge in [0.15, 0.2) is 0 Å². The van der Waals surface area contributed by atoms with Crippen molar-refractivity contribution in [2.75, 3.05) is 6.61 Å². The summed E-state index contributed by atoms with van der Waals surface area (Å²) in [6.07, 6.45) is 59.0. The molecular formula is C48H90O4. The Kier molecular flexibility index (Phi) is 44.5. The van der Waals surface area contributed by atoms with Crippen LogP contribution >= 0.6 is 0 Å². The number of hydrogen-bond donors (Lipinski definition) is 1. The van der Waals surface area contributed by atoms with Crippen molar-refractivity contribution in [1.82, 2.24) is 0 Å². The minimum Gasteiger partial charge on any atom is -0.396 e. The lowest BCUT2D eigenvalue weighted by atomic mass is 10.0. The summed E-state index contributed by atoms with van der Waals surface area (Å²) in [7, 11) is 0. The molecule has 0 atom stereocenters. The highest BCUT2D eigenvalue weighted by molar-refractivity contribution is 5.91. The first-order valence-corrected chi connectivity index (χ1v) is 23.4.